The number of likely N-dealkylation sites (tertiary alicyclic amines) is 1. The van der Waals surface area contributed by atoms with Gasteiger partial charge in [0.2, 0.25) is 0 Å². The lowest BCUT2D eigenvalue weighted by molar-refractivity contribution is 0.0983. The normalized spacial score (nSPS) is 14.0. The van der Waals surface area contributed by atoms with E-state index in [1.807, 2.05) is 18.2 Å². The molecule has 0 unspecified atom stereocenters. The van der Waals surface area contributed by atoms with Gasteiger partial charge in [-0.1, -0.05) is 24.3 Å². The molecule has 0 aliphatic carbocycles. The smallest absolute Gasteiger partial charge is 0.331 e. The van der Waals surface area contributed by atoms with Crippen molar-refractivity contribution in [1.82, 2.24) is 4.90 Å². The van der Waals surface area contributed by atoms with Crippen LogP contribution in [0.2, 0.25) is 0 Å². The molecular formula is C20H22N2O3. The van der Waals surface area contributed by atoms with Gasteiger partial charge < -0.3 is 9.64 Å². The van der Waals surface area contributed by atoms with Crippen LogP contribution in [-0.2, 0) is 0 Å². The molecule has 0 radical (unpaired) electrons. The summed E-state index contributed by atoms with van der Waals surface area (Å²) in [5, 5.41) is 0. The summed E-state index contributed by atoms with van der Waals surface area (Å²) in [6.45, 7) is 1.38. The number of hydrogen-bond acceptors (Lipinski definition) is 3. The summed E-state index contributed by atoms with van der Waals surface area (Å²) in [5.41, 5.74) is 0.999. The number of amides is 3. The quantitative estimate of drug-likeness (QED) is 0.851. The first-order valence-corrected chi connectivity index (χ1v) is 8.53. The van der Waals surface area contributed by atoms with E-state index in [1.54, 1.807) is 48.4 Å². The van der Waals surface area contributed by atoms with Crippen LogP contribution in [0.1, 0.15) is 29.6 Å². The van der Waals surface area contributed by atoms with Gasteiger partial charge in [-0.2, -0.15) is 0 Å². The molecule has 1 saturated heterocycles. The van der Waals surface area contributed by atoms with Gasteiger partial charge in [0.15, 0.2) is 0 Å². The molecule has 5 nitrogen and oxygen atoms in total. The molecule has 0 spiro atoms. The Labute approximate surface area is 147 Å². The summed E-state index contributed by atoms with van der Waals surface area (Å²) in [7, 11) is 1.55. The van der Waals surface area contributed by atoms with Crippen molar-refractivity contribution in [3.8, 4) is 5.75 Å². The second kappa shape index (κ2) is 7.83. The summed E-state index contributed by atoms with van der Waals surface area (Å²) in [5.74, 6) is 0.241. The monoisotopic (exact) mass is 338 g/mol. The molecule has 3 amide bonds. The lowest BCUT2D eigenvalue weighted by atomic mass is 10.1. The third-order valence-corrected chi connectivity index (χ3v) is 4.35. The molecule has 5 heteroatoms. The van der Waals surface area contributed by atoms with Gasteiger partial charge in [0, 0.05) is 18.7 Å². The van der Waals surface area contributed by atoms with Crippen LogP contribution in [-0.4, -0.2) is 37.0 Å². The summed E-state index contributed by atoms with van der Waals surface area (Å²) in [6.07, 6.45) is 3.07. The van der Waals surface area contributed by atoms with Crippen molar-refractivity contribution in [1.29, 1.82) is 0 Å². The minimum Gasteiger partial charge on any atom is -0.497 e. The Kier molecular flexibility index (Phi) is 5.33. The lowest BCUT2D eigenvalue weighted by Gasteiger charge is -2.32. The molecule has 1 aliphatic heterocycles. The number of benzene rings is 2. The number of hydrogen-bond donors (Lipinski definition) is 0. The van der Waals surface area contributed by atoms with Gasteiger partial charge in [0.25, 0.3) is 5.91 Å². The summed E-state index contributed by atoms with van der Waals surface area (Å²) >= 11 is 0. The first-order chi connectivity index (χ1) is 12.2. The van der Waals surface area contributed by atoms with Gasteiger partial charge in [-0.15, -0.1) is 0 Å². The fourth-order valence-corrected chi connectivity index (χ4v) is 3.00. The lowest BCUT2D eigenvalue weighted by Crippen LogP contribution is -2.48. The predicted octanol–water partition coefficient (Wildman–Crippen LogP) is 3.95. The largest absolute Gasteiger partial charge is 0.497 e. The maximum absolute atomic E-state index is 13.1. The fraction of sp³-hybridized carbons (Fsp3) is 0.300. The highest BCUT2D eigenvalue weighted by atomic mass is 16.5. The number of anilines is 1. The molecule has 0 atom stereocenters. The SMILES string of the molecule is COc1cccc(C(=O)N(C(=O)N2CCCCC2)c2ccccc2)c1. The number of para-hydroxylation sites is 1. The minimum absolute atomic E-state index is 0.265. The molecule has 2 aromatic carbocycles. The van der Waals surface area contributed by atoms with Gasteiger partial charge in [0.1, 0.15) is 5.75 Å². The second-order valence-corrected chi connectivity index (χ2v) is 6.04. The number of imide groups is 1. The van der Waals surface area contributed by atoms with Gasteiger partial charge in [-0.05, 0) is 49.6 Å². The standard InChI is InChI=1S/C20H22N2O3/c1-25-18-12-8-9-16(15-18)19(23)22(17-10-4-2-5-11-17)20(24)21-13-6-3-7-14-21/h2,4-5,8-12,15H,3,6-7,13-14H2,1H3. The maximum atomic E-state index is 13.1. The van der Waals surface area contributed by atoms with Crippen LogP contribution in [0.4, 0.5) is 10.5 Å². The van der Waals surface area contributed by atoms with Gasteiger partial charge in [-0.25, -0.2) is 9.69 Å². The Balaban J connectivity index is 1.95. The zero-order valence-corrected chi connectivity index (χ0v) is 14.4. The number of nitrogens with zero attached hydrogens (tertiary/aromatic N) is 2. The van der Waals surface area contributed by atoms with Gasteiger partial charge in [0.05, 0.1) is 12.8 Å². The Morgan fingerprint density at radius 3 is 2.36 bits per heavy atom. The van der Waals surface area contributed by atoms with E-state index in [0.29, 0.717) is 30.1 Å². The number of rotatable bonds is 3. The van der Waals surface area contributed by atoms with E-state index in [0.717, 1.165) is 19.3 Å². The third-order valence-electron chi connectivity index (χ3n) is 4.35. The molecule has 130 valence electrons. The van der Waals surface area contributed by atoms with Crippen LogP contribution in [0, 0.1) is 0 Å². The summed E-state index contributed by atoms with van der Waals surface area (Å²) in [6, 6.07) is 15.7. The molecule has 3 rings (SSSR count). The van der Waals surface area contributed by atoms with Crippen molar-refractivity contribution in [2.75, 3.05) is 25.1 Å². The Morgan fingerprint density at radius 2 is 1.68 bits per heavy atom. The van der Waals surface area contributed by atoms with Crippen LogP contribution < -0.4 is 9.64 Å². The van der Waals surface area contributed by atoms with E-state index in [1.165, 1.54) is 4.90 Å². The third kappa shape index (κ3) is 3.82. The molecule has 1 aliphatic rings. The number of carbonyl (C=O) groups excluding carboxylic acids is 2. The van der Waals surface area contributed by atoms with E-state index in [9.17, 15) is 9.59 Å². The van der Waals surface area contributed by atoms with Crippen molar-refractivity contribution >= 4 is 17.6 Å². The van der Waals surface area contributed by atoms with Crippen LogP contribution in [0.15, 0.2) is 54.6 Å². The molecule has 1 fully saturated rings. The summed E-state index contributed by atoms with van der Waals surface area (Å²) < 4.78 is 5.20. The van der Waals surface area contributed by atoms with Crippen molar-refractivity contribution < 1.29 is 14.3 Å². The molecule has 25 heavy (non-hydrogen) atoms. The van der Waals surface area contributed by atoms with Crippen molar-refractivity contribution in [2.24, 2.45) is 0 Å². The van der Waals surface area contributed by atoms with Crippen LogP contribution >= 0.6 is 0 Å². The number of ether oxygens (including phenoxy) is 1. The molecule has 0 saturated carbocycles. The molecule has 1 heterocycles. The maximum Gasteiger partial charge on any atom is 0.331 e. The molecule has 2 aromatic rings. The minimum atomic E-state index is -0.347. The predicted molar refractivity (Wildman–Crippen MR) is 97.1 cm³/mol. The molecule has 0 aromatic heterocycles. The van der Waals surface area contributed by atoms with Gasteiger partial charge >= 0.3 is 6.03 Å². The Bertz CT molecular complexity index is 740. The van der Waals surface area contributed by atoms with E-state index < -0.39 is 0 Å². The number of urea groups is 1. The average Bonchev–Trinajstić information content (AvgIpc) is 2.69. The van der Waals surface area contributed by atoms with E-state index in [-0.39, 0.29) is 11.9 Å². The van der Waals surface area contributed by atoms with Crippen LogP contribution in [0.3, 0.4) is 0 Å². The van der Waals surface area contributed by atoms with E-state index in [4.69, 9.17) is 4.74 Å². The highest BCUT2D eigenvalue weighted by Crippen LogP contribution is 2.22. The Morgan fingerprint density at radius 1 is 0.960 bits per heavy atom. The zero-order chi connectivity index (χ0) is 17.6. The first kappa shape index (κ1) is 17.0. The van der Waals surface area contributed by atoms with Crippen molar-refractivity contribution in [3.05, 3.63) is 60.2 Å². The average molecular weight is 338 g/mol. The second-order valence-electron chi connectivity index (χ2n) is 6.04. The highest BCUT2D eigenvalue weighted by Gasteiger charge is 2.29. The number of methoxy groups -OCH3 is 1. The Hall–Kier alpha value is -2.82. The van der Waals surface area contributed by atoms with E-state index >= 15 is 0 Å². The fourth-order valence-electron chi connectivity index (χ4n) is 3.00. The molecule has 0 bridgehead atoms. The number of carbonyl (C=O) groups is 2. The number of piperidine rings is 1. The van der Waals surface area contributed by atoms with Crippen LogP contribution in [0.25, 0.3) is 0 Å². The van der Waals surface area contributed by atoms with Crippen LogP contribution in [0.5, 0.6) is 5.75 Å². The topological polar surface area (TPSA) is 49.9 Å². The molecule has 0 N–H and O–H groups in total. The first-order valence-electron chi connectivity index (χ1n) is 8.53. The summed E-state index contributed by atoms with van der Waals surface area (Å²) in [4.78, 5) is 29.2. The van der Waals surface area contributed by atoms with Crippen molar-refractivity contribution in [2.45, 2.75) is 19.3 Å². The van der Waals surface area contributed by atoms with Gasteiger partial charge in [-0.3, -0.25) is 4.79 Å². The zero-order valence-electron chi connectivity index (χ0n) is 14.4. The molecular weight excluding hydrogens is 316 g/mol. The van der Waals surface area contributed by atoms with Crippen molar-refractivity contribution in [3.63, 3.8) is 0 Å². The van der Waals surface area contributed by atoms with E-state index in [2.05, 4.69) is 0 Å². The highest BCUT2D eigenvalue weighted by molar-refractivity contribution is 6.20.